The van der Waals surface area contributed by atoms with Crippen LogP contribution in [0.5, 0.6) is 0 Å². The van der Waals surface area contributed by atoms with Gasteiger partial charge in [0.05, 0.1) is 0 Å². The van der Waals surface area contributed by atoms with Crippen molar-refractivity contribution in [2.75, 3.05) is 26.2 Å². The van der Waals surface area contributed by atoms with Crippen LogP contribution in [0, 0.1) is 5.92 Å². The summed E-state index contributed by atoms with van der Waals surface area (Å²) in [4.78, 5) is 13.7. The standard InChI is InChI=1S/C12H24N2O5S/c1-10(2)3-6-14-7-4-11(5-8-14)19-12(15)9-13-20(16,17)18/h10-11,13H,3-9H2,1-2H3,(H,16,17,18). The van der Waals surface area contributed by atoms with Gasteiger partial charge in [-0.25, -0.2) is 0 Å². The molecule has 2 N–H and O–H groups in total. The molecular formula is C12H24N2O5S. The van der Waals surface area contributed by atoms with Crippen molar-refractivity contribution in [3.63, 3.8) is 0 Å². The molecule has 0 aromatic rings. The molecule has 0 unspecified atom stereocenters. The van der Waals surface area contributed by atoms with Crippen LogP contribution in [0.15, 0.2) is 0 Å². The highest BCUT2D eigenvalue weighted by Crippen LogP contribution is 2.15. The molecule has 0 spiro atoms. The maximum absolute atomic E-state index is 11.4. The van der Waals surface area contributed by atoms with Crippen molar-refractivity contribution in [1.82, 2.24) is 9.62 Å². The van der Waals surface area contributed by atoms with Crippen LogP contribution in [0.2, 0.25) is 0 Å². The van der Waals surface area contributed by atoms with Crippen molar-refractivity contribution in [2.24, 2.45) is 5.92 Å². The molecule has 8 heteroatoms. The molecule has 0 bridgehead atoms. The number of hydrogen-bond donors (Lipinski definition) is 2. The van der Waals surface area contributed by atoms with Gasteiger partial charge < -0.3 is 9.64 Å². The largest absolute Gasteiger partial charge is 0.461 e. The third kappa shape index (κ3) is 7.78. The first-order chi connectivity index (χ1) is 9.26. The van der Waals surface area contributed by atoms with Gasteiger partial charge in [0, 0.05) is 13.1 Å². The fourth-order valence-electron chi connectivity index (χ4n) is 2.07. The van der Waals surface area contributed by atoms with Crippen molar-refractivity contribution < 1.29 is 22.5 Å². The lowest BCUT2D eigenvalue weighted by Crippen LogP contribution is -2.40. The highest BCUT2D eigenvalue weighted by atomic mass is 32.2. The molecule has 7 nitrogen and oxygen atoms in total. The second-order valence-corrected chi connectivity index (χ2v) is 6.75. The summed E-state index contributed by atoms with van der Waals surface area (Å²) in [5.41, 5.74) is 0. The molecule has 0 atom stereocenters. The predicted octanol–water partition coefficient (Wildman–Crippen LogP) is 0.433. The Bertz CT molecular complexity index is 402. The summed E-state index contributed by atoms with van der Waals surface area (Å²) in [5.74, 6) is 0.0142. The number of nitrogens with zero attached hydrogens (tertiary/aromatic N) is 1. The van der Waals surface area contributed by atoms with E-state index in [1.165, 1.54) is 0 Å². The van der Waals surface area contributed by atoms with Gasteiger partial charge in [-0.2, -0.15) is 13.1 Å². The number of ether oxygens (including phenoxy) is 1. The van der Waals surface area contributed by atoms with E-state index in [9.17, 15) is 13.2 Å². The Morgan fingerprint density at radius 1 is 1.40 bits per heavy atom. The van der Waals surface area contributed by atoms with Gasteiger partial charge in [-0.3, -0.25) is 9.35 Å². The van der Waals surface area contributed by atoms with Crippen molar-refractivity contribution >= 4 is 16.3 Å². The lowest BCUT2D eigenvalue weighted by Gasteiger charge is -2.31. The first-order valence-electron chi connectivity index (χ1n) is 6.90. The van der Waals surface area contributed by atoms with Gasteiger partial charge in [-0.15, -0.1) is 0 Å². The van der Waals surface area contributed by atoms with Gasteiger partial charge in [-0.1, -0.05) is 13.8 Å². The number of hydrogen-bond acceptors (Lipinski definition) is 5. The molecule has 0 aromatic carbocycles. The van der Waals surface area contributed by atoms with Crippen LogP contribution in [-0.4, -0.2) is 56.1 Å². The third-order valence-corrected chi connectivity index (χ3v) is 3.76. The Morgan fingerprint density at radius 2 is 2.00 bits per heavy atom. The lowest BCUT2D eigenvalue weighted by molar-refractivity contribution is -0.149. The Balaban J connectivity index is 2.20. The summed E-state index contributed by atoms with van der Waals surface area (Å²) in [6.07, 6.45) is 2.51. The quantitative estimate of drug-likeness (QED) is 0.523. The summed E-state index contributed by atoms with van der Waals surface area (Å²) in [6.45, 7) is 6.68. The van der Waals surface area contributed by atoms with Crippen LogP contribution < -0.4 is 4.72 Å². The van der Waals surface area contributed by atoms with Gasteiger partial charge in [-0.05, 0) is 31.7 Å². The number of nitrogens with one attached hydrogen (secondary N) is 1. The van der Waals surface area contributed by atoms with Crippen LogP contribution in [0.1, 0.15) is 33.1 Å². The van der Waals surface area contributed by atoms with Crippen LogP contribution in [0.3, 0.4) is 0 Å². The van der Waals surface area contributed by atoms with Gasteiger partial charge in [0.15, 0.2) is 0 Å². The van der Waals surface area contributed by atoms with Crippen molar-refractivity contribution in [3.05, 3.63) is 0 Å². The van der Waals surface area contributed by atoms with Crippen LogP contribution in [-0.2, 0) is 19.8 Å². The first kappa shape index (κ1) is 17.4. The monoisotopic (exact) mass is 308 g/mol. The molecule has 1 saturated heterocycles. The second kappa shape index (κ2) is 7.92. The molecule has 20 heavy (non-hydrogen) atoms. The second-order valence-electron chi connectivity index (χ2n) is 5.51. The predicted molar refractivity (Wildman–Crippen MR) is 74.6 cm³/mol. The maximum Gasteiger partial charge on any atom is 0.333 e. The molecule has 1 aliphatic rings. The fraction of sp³-hybridized carbons (Fsp3) is 0.917. The molecule has 1 aliphatic heterocycles. The number of carbonyl (C=O) groups excluding carboxylic acids is 1. The van der Waals surface area contributed by atoms with E-state index >= 15 is 0 Å². The van der Waals surface area contributed by atoms with E-state index in [4.69, 9.17) is 9.29 Å². The minimum atomic E-state index is -4.34. The van der Waals surface area contributed by atoms with Gasteiger partial charge in [0.2, 0.25) is 0 Å². The van der Waals surface area contributed by atoms with E-state index in [0.29, 0.717) is 5.92 Å². The number of rotatable bonds is 7. The number of piperidine rings is 1. The van der Waals surface area contributed by atoms with Crippen molar-refractivity contribution in [1.29, 1.82) is 0 Å². The smallest absolute Gasteiger partial charge is 0.333 e. The van der Waals surface area contributed by atoms with Crippen molar-refractivity contribution in [3.8, 4) is 0 Å². The molecule has 0 radical (unpaired) electrons. The van der Waals surface area contributed by atoms with Gasteiger partial charge in [0.1, 0.15) is 12.6 Å². The molecular weight excluding hydrogens is 284 g/mol. The SMILES string of the molecule is CC(C)CCN1CCC(OC(=O)CNS(=O)(=O)O)CC1. The number of esters is 1. The highest BCUT2D eigenvalue weighted by molar-refractivity contribution is 7.83. The van der Waals surface area contributed by atoms with E-state index < -0.39 is 22.8 Å². The number of carbonyl (C=O) groups is 1. The van der Waals surface area contributed by atoms with Gasteiger partial charge >= 0.3 is 16.3 Å². The molecule has 0 amide bonds. The van der Waals surface area contributed by atoms with E-state index in [-0.39, 0.29) is 6.10 Å². The summed E-state index contributed by atoms with van der Waals surface area (Å²) < 4.78 is 36.2. The average Bonchev–Trinajstić information content (AvgIpc) is 2.35. The van der Waals surface area contributed by atoms with Crippen LogP contribution >= 0.6 is 0 Å². The zero-order chi connectivity index (χ0) is 15.2. The fourth-order valence-corrected chi connectivity index (χ4v) is 2.37. The molecule has 118 valence electrons. The van der Waals surface area contributed by atoms with E-state index in [1.807, 2.05) is 0 Å². The molecule has 0 aromatic heterocycles. The minimum absolute atomic E-state index is 0.166. The van der Waals surface area contributed by atoms with E-state index in [0.717, 1.165) is 38.9 Å². The summed E-state index contributed by atoms with van der Waals surface area (Å²) in [7, 11) is -4.34. The minimum Gasteiger partial charge on any atom is -0.461 e. The summed E-state index contributed by atoms with van der Waals surface area (Å²) >= 11 is 0. The Morgan fingerprint density at radius 3 is 2.50 bits per heavy atom. The molecule has 1 rings (SSSR count). The molecule has 1 heterocycles. The number of likely N-dealkylation sites (tertiary alicyclic amines) is 1. The van der Waals surface area contributed by atoms with Crippen LogP contribution in [0.25, 0.3) is 0 Å². The molecule has 0 aliphatic carbocycles. The van der Waals surface area contributed by atoms with Crippen molar-refractivity contribution in [2.45, 2.75) is 39.2 Å². The van der Waals surface area contributed by atoms with Gasteiger partial charge in [0.25, 0.3) is 0 Å². The Labute approximate surface area is 120 Å². The maximum atomic E-state index is 11.4. The Hall–Kier alpha value is -0.700. The molecule has 1 fully saturated rings. The summed E-state index contributed by atoms with van der Waals surface area (Å²) in [5, 5.41) is 0. The zero-order valence-electron chi connectivity index (χ0n) is 12.0. The first-order valence-corrected chi connectivity index (χ1v) is 8.34. The normalized spacial score (nSPS) is 18.4. The van der Waals surface area contributed by atoms with Crippen LogP contribution in [0.4, 0.5) is 0 Å². The highest BCUT2D eigenvalue weighted by Gasteiger charge is 2.22. The zero-order valence-corrected chi connectivity index (χ0v) is 12.9. The van der Waals surface area contributed by atoms with E-state index in [2.05, 4.69) is 18.7 Å². The third-order valence-electron chi connectivity index (χ3n) is 3.25. The van der Waals surface area contributed by atoms with E-state index in [1.54, 1.807) is 4.72 Å². The topological polar surface area (TPSA) is 95.9 Å². The average molecular weight is 308 g/mol. The summed E-state index contributed by atoms with van der Waals surface area (Å²) in [6, 6.07) is 0. The molecule has 0 saturated carbocycles. The Kier molecular flexibility index (Phi) is 6.87. The lowest BCUT2D eigenvalue weighted by atomic mass is 10.1.